The van der Waals surface area contributed by atoms with Crippen molar-refractivity contribution in [3.05, 3.63) is 58.4 Å². The number of esters is 1. The summed E-state index contributed by atoms with van der Waals surface area (Å²) in [4.78, 5) is 28.6. The standard InChI is InChI=1S/C17H14N2O4S/c1-10-7-8-11(23-10)9-14-15(20)19-17(24-14)18-13-6-4-3-5-12(13)16(21)22-2/h3-9H,1-2H3,(H,18,19,20)/b14-9+. The molecule has 1 aliphatic heterocycles. The van der Waals surface area contributed by atoms with Crippen molar-refractivity contribution in [1.29, 1.82) is 0 Å². The highest BCUT2D eigenvalue weighted by Gasteiger charge is 2.25. The average Bonchev–Trinajstić information content (AvgIpc) is 3.13. The van der Waals surface area contributed by atoms with Crippen LogP contribution in [-0.2, 0) is 9.53 Å². The number of nitrogens with zero attached hydrogens (tertiary/aromatic N) is 1. The van der Waals surface area contributed by atoms with Crippen molar-refractivity contribution in [2.75, 3.05) is 7.11 Å². The molecule has 3 rings (SSSR count). The maximum absolute atomic E-state index is 12.0. The minimum Gasteiger partial charge on any atom is -0.465 e. The lowest BCUT2D eigenvalue weighted by atomic mass is 10.2. The molecule has 2 heterocycles. The van der Waals surface area contributed by atoms with E-state index in [9.17, 15) is 9.59 Å². The smallest absolute Gasteiger partial charge is 0.340 e. The Morgan fingerprint density at radius 1 is 1.29 bits per heavy atom. The minimum atomic E-state index is -0.480. The lowest BCUT2D eigenvalue weighted by Gasteiger charge is -2.03. The number of rotatable bonds is 3. The maximum atomic E-state index is 12.0. The number of hydrogen-bond donors (Lipinski definition) is 1. The van der Waals surface area contributed by atoms with Crippen LogP contribution in [0.4, 0.5) is 5.69 Å². The van der Waals surface area contributed by atoms with E-state index in [2.05, 4.69) is 10.3 Å². The molecule has 1 N–H and O–H groups in total. The highest BCUT2D eigenvalue weighted by molar-refractivity contribution is 8.18. The third kappa shape index (κ3) is 3.41. The van der Waals surface area contributed by atoms with Gasteiger partial charge in [0.1, 0.15) is 11.5 Å². The molecular weight excluding hydrogens is 328 g/mol. The van der Waals surface area contributed by atoms with Crippen LogP contribution in [0, 0.1) is 6.92 Å². The summed E-state index contributed by atoms with van der Waals surface area (Å²) in [6.45, 7) is 1.83. The molecule has 1 amide bonds. The quantitative estimate of drug-likeness (QED) is 0.684. The van der Waals surface area contributed by atoms with Crippen molar-refractivity contribution >= 4 is 40.6 Å². The van der Waals surface area contributed by atoms with E-state index in [-0.39, 0.29) is 5.91 Å². The molecule has 0 saturated carbocycles. The van der Waals surface area contributed by atoms with Crippen molar-refractivity contribution in [1.82, 2.24) is 5.32 Å². The molecule has 1 saturated heterocycles. The molecule has 0 unspecified atom stereocenters. The van der Waals surface area contributed by atoms with Gasteiger partial charge in [-0.15, -0.1) is 0 Å². The van der Waals surface area contributed by atoms with Gasteiger partial charge in [0.15, 0.2) is 5.17 Å². The van der Waals surface area contributed by atoms with Crippen molar-refractivity contribution in [3.63, 3.8) is 0 Å². The number of amides is 1. The molecule has 7 heteroatoms. The van der Waals surface area contributed by atoms with Gasteiger partial charge in [-0.05, 0) is 43.0 Å². The summed E-state index contributed by atoms with van der Waals surface area (Å²) in [5, 5.41) is 3.07. The zero-order chi connectivity index (χ0) is 17.1. The first-order chi connectivity index (χ1) is 11.6. The number of thioether (sulfide) groups is 1. The Balaban J connectivity index is 1.87. The van der Waals surface area contributed by atoms with Crippen molar-refractivity contribution in [2.45, 2.75) is 6.92 Å². The SMILES string of the molecule is COC(=O)c1ccccc1N=C1NC(=O)/C(=C\c2ccc(C)o2)S1. The predicted octanol–water partition coefficient (Wildman–Crippen LogP) is 3.27. The van der Waals surface area contributed by atoms with Crippen LogP contribution in [0.25, 0.3) is 6.08 Å². The van der Waals surface area contributed by atoms with Crippen LogP contribution in [0.5, 0.6) is 0 Å². The lowest BCUT2D eigenvalue weighted by Crippen LogP contribution is -2.19. The number of benzene rings is 1. The first kappa shape index (κ1) is 16.1. The first-order valence-electron chi connectivity index (χ1n) is 7.10. The van der Waals surface area contributed by atoms with Gasteiger partial charge >= 0.3 is 5.97 Å². The summed E-state index contributed by atoms with van der Waals surface area (Å²) < 4.78 is 10.2. The second-order valence-corrected chi connectivity index (χ2v) is 5.97. The van der Waals surface area contributed by atoms with Crippen molar-refractivity contribution in [3.8, 4) is 0 Å². The summed E-state index contributed by atoms with van der Waals surface area (Å²) in [5.41, 5.74) is 0.767. The normalized spacial score (nSPS) is 17.3. The van der Waals surface area contributed by atoms with Gasteiger partial charge in [0.25, 0.3) is 5.91 Å². The molecule has 0 bridgehead atoms. The molecule has 0 spiro atoms. The Bertz CT molecular complexity index is 867. The van der Waals surface area contributed by atoms with Gasteiger partial charge in [0.05, 0.1) is 23.3 Å². The topological polar surface area (TPSA) is 80.9 Å². The molecule has 6 nitrogen and oxygen atoms in total. The Labute approximate surface area is 142 Å². The third-order valence-corrected chi connectivity index (χ3v) is 4.13. The van der Waals surface area contributed by atoms with Gasteiger partial charge in [-0.2, -0.15) is 0 Å². The Kier molecular flexibility index (Phi) is 4.52. The van der Waals surface area contributed by atoms with Gasteiger partial charge in [0.2, 0.25) is 0 Å². The van der Waals surface area contributed by atoms with Crippen LogP contribution in [0.15, 0.2) is 50.7 Å². The molecule has 122 valence electrons. The summed E-state index contributed by atoms with van der Waals surface area (Å²) in [6, 6.07) is 10.4. The number of ether oxygens (including phenoxy) is 1. The van der Waals surface area contributed by atoms with E-state index < -0.39 is 5.97 Å². The number of nitrogens with one attached hydrogen (secondary N) is 1. The van der Waals surface area contributed by atoms with Crippen molar-refractivity contribution < 1.29 is 18.7 Å². The minimum absolute atomic E-state index is 0.261. The zero-order valence-corrected chi connectivity index (χ0v) is 13.8. The fourth-order valence-electron chi connectivity index (χ4n) is 2.10. The third-order valence-electron chi connectivity index (χ3n) is 3.22. The molecule has 2 aromatic rings. The molecule has 1 fully saturated rings. The second-order valence-electron chi connectivity index (χ2n) is 4.94. The van der Waals surface area contributed by atoms with Crippen LogP contribution in [0.3, 0.4) is 0 Å². The van der Waals surface area contributed by atoms with E-state index in [1.165, 1.54) is 18.9 Å². The van der Waals surface area contributed by atoms with Gasteiger partial charge in [0, 0.05) is 6.08 Å². The van der Waals surface area contributed by atoms with Crippen LogP contribution in [0.2, 0.25) is 0 Å². The van der Waals surface area contributed by atoms with Crippen LogP contribution in [0.1, 0.15) is 21.9 Å². The van der Waals surface area contributed by atoms with Gasteiger partial charge in [-0.1, -0.05) is 12.1 Å². The first-order valence-corrected chi connectivity index (χ1v) is 7.92. The number of hydrogen-bond acceptors (Lipinski definition) is 6. The summed E-state index contributed by atoms with van der Waals surface area (Å²) in [6.07, 6.45) is 1.65. The average molecular weight is 342 g/mol. The predicted molar refractivity (Wildman–Crippen MR) is 92.0 cm³/mol. The van der Waals surface area contributed by atoms with Gasteiger partial charge in [-0.3, -0.25) is 4.79 Å². The van der Waals surface area contributed by atoms with Crippen LogP contribution in [-0.4, -0.2) is 24.2 Å². The summed E-state index contributed by atoms with van der Waals surface area (Å²) in [7, 11) is 1.31. The fourth-order valence-corrected chi connectivity index (χ4v) is 2.92. The van der Waals surface area contributed by atoms with E-state index in [0.717, 1.165) is 5.76 Å². The molecule has 0 radical (unpaired) electrons. The number of carbonyl (C=O) groups is 2. The van der Waals surface area contributed by atoms with Crippen LogP contribution >= 0.6 is 11.8 Å². The molecule has 24 heavy (non-hydrogen) atoms. The van der Waals surface area contributed by atoms with Gasteiger partial charge < -0.3 is 14.5 Å². The number of para-hydroxylation sites is 1. The van der Waals surface area contributed by atoms with E-state index >= 15 is 0 Å². The number of carbonyl (C=O) groups excluding carboxylic acids is 2. The highest BCUT2D eigenvalue weighted by Crippen LogP contribution is 2.29. The Morgan fingerprint density at radius 2 is 2.08 bits per heavy atom. The molecular formula is C17H14N2O4S. The van der Waals surface area contributed by atoms with E-state index in [1.807, 2.05) is 13.0 Å². The second kappa shape index (κ2) is 6.76. The molecule has 1 aliphatic rings. The zero-order valence-electron chi connectivity index (χ0n) is 13.0. The lowest BCUT2D eigenvalue weighted by molar-refractivity contribution is -0.115. The van der Waals surface area contributed by atoms with E-state index in [0.29, 0.717) is 27.1 Å². The number of furan rings is 1. The van der Waals surface area contributed by atoms with Crippen molar-refractivity contribution in [2.24, 2.45) is 4.99 Å². The van der Waals surface area contributed by atoms with Crippen LogP contribution < -0.4 is 5.32 Å². The monoisotopic (exact) mass is 342 g/mol. The van der Waals surface area contributed by atoms with E-state index in [1.54, 1.807) is 36.4 Å². The van der Waals surface area contributed by atoms with E-state index in [4.69, 9.17) is 9.15 Å². The Hall–Kier alpha value is -2.80. The summed E-state index contributed by atoms with van der Waals surface area (Å²) in [5.74, 6) is 0.627. The van der Waals surface area contributed by atoms with Gasteiger partial charge in [-0.25, -0.2) is 9.79 Å². The highest BCUT2D eigenvalue weighted by atomic mass is 32.2. The molecule has 0 aliphatic carbocycles. The number of amidine groups is 1. The molecule has 1 aromatic heterocycles. The number of methoxy groups -OCH3 is 1. The number of aryl methyl sites for hydroxylation is 1. The maximum Gasteiger partial charge on any atom is 0.340 e. The largest absolute Gasteiger partial charge is 0.465 e. The molecule has 0 atom stereocenters. The fraction of sp³-hybridized carbons (Fsp3) is 0.118. The molecule has 1 aromatic carbocycles. The summed E-state index contributed by atoms with van der Waals surface area (Å²) >= 11 is 1.18. The Morgan fingerprint density at radius 3 is 2.79 bits per heavy atom. The number of aliphatic imine (C=N–C) groups is 1.